The number of fused-ring (bicyclic) bond motifs is 4. The zero-order chi connectivity index (χ0) is 68.0. The first kappa shape index (κ1) is 70.0. The highest BCUT2D eigenvalue weighted by molar-refractivity contribution is 6.13. The molecule has 5 unspecified atom stereocenters. The van der Waals surface area contributed by atoms with Gasteiger partial charge in [0.1, 0.15) is 17.3 Å². The molecule has 0 saturated carbocycles. The van der Waals surface area contributed by atoms with Crippen LogP contribution in [0.15, 0.2) is 114 Å². The highest BCUT2D eigenvalue weighted by Crippen LogP contribution is 2.42. The molecule has 18 heteroatoms. The third kappa shape index (κ3) is 17.2. The molecule has 1 fully saturated rings. The van der Waals surface area contributed by atoms with Crippen molar-refractivity contribution in [2.24, 2.45) is 22.7 Å². The highest BCUT2D eigenvalue weighted by atomic mass is 16.5. The quantitative estimate of drug-likeness (QED) is 0.0204. The monoisotopic (exact) mass is 1310 g/mol. The van der Waals surface area contributed by atoms with Crippen molar-refractivity contribution in [2.75, 3.05) is 72.1 Å². The number of methoxy groups -OCH3 is 2. The summed E-state index contributed by atoms with van der Waals surface area (Å²) in [7, 11) is 5.34. The van der Waals surface area contributed by atoms with E-state index in [0.29, 0.717) is 117 Å². The summed E-state index contributed by atoms with van der Waals surface area (Å²) in [5, 5.41) is 8.75. The minimum atomic E-state index is -0.684. The molecule has 4 aromatic carbocycles. The van der Waals surface area contributed by atoms with Gasteiger partial charge in [-0.2, -0.15) is 0 Å². The van der Waals surface area contributed by atoms with E-state index >= 15 is 0 Å². The normalized spacial score (nSPS) is 19.0. The Kier molecular flexibility index (Phi) is 23.9. The number of allylic oxidation sites excluding steroid dienone is 1. The maximum Gasteiger partial charge on any atom is 0.260 e. The summed E-state index contributed by atoms with van der Waals surface area (Å²) in [5.74, 6) is 0.329. The van der Waals surface area contributed by atoms with Gasteiger partial charge in [0.2, 0.25) is 0 Å². The summed E-state index contributed by atoms with van der Waals surface area (Å²) in [6.07, 6.45) is 22.4. The van der Waals surface area contributed by atoms with Crippen LogP contribution in [0.25, 0.3) is 11.1 Å². The molecular weight excluding hydrogens is 1210 g/mol. The number of aliphatic imine (C=N–C) groups is 1. The van der Waals surface area contributed by atoms with E-state index in [4.69, 9.17) is 29.3 Å². The third-order valence-electron chi connectivity index (χ3n) is 19.9. The number of carbonyl (C=O) groups is 7. The second kappa shape index (κ2) is 32.8. The Hall–Kier alpha value is -8.77. The van der Waals surface area contributed by atoms with Crippen LogP contribution in [-0.4, -0.2) is 152 Å². The zero-order valence-corrected chi connectivity index (χ0v) is 57.1. The van der Waals surface area contributed by atoms with E-state index in [1.54, 1.807) is 38.2 Å². The van der Waals surface area contributed by atoms with E-state index in [1.165, 1.54) is 22.7 Å². The van der Waals surface area contributed by atoms with Gasteiger partial charge < -0.3 is 44.0 Å². The van der Waals surface area contributed by atoms with Crippen LogP contribution in [-0.2, 0) is 30.4 Å². The number of anilines is 1. The lowest BCUT2D eigenvalue weighted by atomic mass is 9.82. The topological polar surface area (TPSA) is 209 Å². The molecule has 1 N–H and O–H groups in total. The van der Waals surface area contributed by atoms with Crippen LogP contribution in [0, 0.1) is 23.2 Å². The van der Waals surface area contributed by atoms with Crippen molar-refractivity contribution >= 4 is 75.4 Å². The molecule has 0 aliphatic carbocycles. The number of aryl methyl sites for hydroxylation is 1. The molecule has 0 aromatic heterocycles. The van der Waals surface area contributed by atoms with E-state index in [9.17, 15) is 33.6 Å². The van der Waals surface area contributed by atoms with Gasteiger partial charge >= 0.3 is 0 Å². The standard InChI is InChI=1S/C78H95N7O11/c1-51(2)63(25-17-24-62(86)23-10-8-11-33-83-75(89)31-32-76(83)90)70(88)46-67(79)53(4)69(87)26-16-20-54-19-15-21-56(40-54)58-42-61-48-80-68-47-74(72(94-7)45-66(68)78(92)85(61)50-58)96-39-13-9-12-38-95-73-43-64-52(3)18-14-22-60-41-57(49-84(60)77(91)65(64)44-71(73)93-6)55-27-29-59(30-28-55)82-36-34-81(5)35-37-82/h14-15,19,21-22,27-32,40,43-45,47-53,60-61,63,79H,8-13,16-18,20,23-26,33-39,41-42,46H2,1-7H3. The molecule has 4 aromatic rings. The number of hydrogen-bond acceptors (Lipinski definition) is 15. The molecule has 4 amide bonds. The SMILES string of the molecule is COc1cc2c(cc1OCCCCCOc1cc3c(cc1OC)C(=O)N1C=C(c4ccc(N5CCN(C)CC5)cc4)CC1C=CCC3C)N=CC1CC(c3cccc(CCCC(=O)C(C)C(=N)CC(=O)C(CCCC(=O)CCCCCN4C(=O)C=CC4=O)C(C)C)c3)=CN1C2=O. The van der Waals surface area contributed by atoms with Crippen molar-refractivity contribution in [3.8, 4) is 23.0 Å². The van der Waals surface area contributed by atoms with Gasteiger partial charge in [0, 0.05) is 125 Å². The summed E-state index contributed by atoms with van der Waals surface area (Å²) in [5.41, 5.74) is 9.13. The number of ketones is 3. The number of amides is 4. The minimum absolute atomic E-state index is 0.0277. The Balaban J connectivity index is 0.651. The minimum Gasteiger partial charge on any atom is -0.493 e. The zero-order valence-electron chi connectivity index (χ0n) is 57.1. The number of unbranched alkanes of at least 4 members (excludes halogenated alkanes) is 4. The lowest BCUT2D eigenvalue weighted by Crippen LogP contribution is -2.44. The highest BCUT2D eigenvalue weighted by Gasteiger charge is 2.36. The molecule has 0 spiro atoms. The first-order valence-corrected chi connectivity index (χ1v) is 34.7. The Bertz CT molecular complexity index is 3690. The van der Waals surface area contributed by atoms with E-state index < -0.39 is 5.92 Å². The molecule has 18 nitrogen and oxygen atoms in total. The molecule has 6 aliphatic rings. The Morgan fingerprint density at radius 3 is 1.99 bits per heavy atom. The van der Waals surface area contributed by atoms with Crippen molar-refractivity contribution < 1.29 is 52.5 Å². The number of benzene rings is 4. The van der Waals surface area contributed by atoms with Gasteiger partial charge in [0.25, 0.3) is 23.6 Å². The van der Waals surface area contributed by atoms with Crippen molar-refractivity contribution in [3.63, 3.8) is 0 Å². The number of imide groups is 1. The van der Waals surface area contributed by atoms with E-state index in [0.717, 1.165) is 98.1 Å². The van der Waals surface area contributed by atoms with Crippen molar-refractivity contribution in [3.05, 3.63) is 143 Å². The molecule has 1 saturated heterocycles. The summed E-state index contributed by atoms with van der Waals surface area (Å²) in [6.45, 7) is 13.1. The predicted octanol–water partition coefficient (Wildman–Crippen LogP) is 13.4. The molecule has 508 valence electrons. The van der Waals surface area contributed by atoms with E-state index in [-0.39, 0.29) is 89.4 Å². The van der Waals surface area contributed by atoms with Gasteiger partial charge in [-0.3, -0.25) is 43.5 Å². The summed E-state index contributed by atoms with van der Waals surface area (Å²) in [6, 6.07) is 23.9. The number of rotatable bonds is 33. The van der Waals surface area contributed by atoms with Crippen LogP contribution in [0.5, 0.6) is 23.0 Å². The lowest BCUT2D eigenvalue weighted by molar-refractivity contribution is -0.137. The van der Waals surface area contributed by atoms with Crippen molar-refractivity contribution in [1.82, 2.24) is 19.6 Å². The van der Waals surface area contributed by atoms with E-state index in [2.05, 4.69) is 66.3 Å². The number of likely N-dealkylation sites (N-methyl/N-ethyl adjacent to an activating group) is 1. The number of Topliss-reactive ketones (excluding diaryl/α,β-unsaturated/α-hetero) is 3. The van der Waals surface area contributed by atoms with Crippen molar-refractivity contribution in [2.45, 2.75) is 155 Å². The second-order valence-electron chi connectivity index (χ2n) is 27.0. The van der Waals surface area contributed by atoms with Gasteiger partial charge in [-0.05, 0) is 153 Å². The van der Waals surface area contributed by atoms with Crippen LogP contribution in [0.4, 0.5) is 11.4 Å². The van der Waals surface area contributed by atoms with Gasteiger partial charge in [-0.1, -0.05) is 82.7 Å². The summed E-state index contributed by atoms with van der Waals surface area (Å²) in [4.78, 5) is 106. The number of piperazine rings is 1. The van der Waals surface area contributed by atoms with Crippen LogP contribution < -0.4 is 23.8 Å². The predicted molar refractivity (Wildman–Crippen MR) is 375 cm³/mol. The Labute approximate surface area is 565 Å². The average Bonchev–Trinajstić information content (AvgIpc) is 1.59. The number of nitrogens with one attached hydrogen (secondary N) is 1. The molecular formula is C78H95N7O11. The largest absolute Gasteiger partial charge is 0.493 e. The molecule has 6 heterocycles. The fourth-order valence-electron chi connectivity index (χ4n) is 13.8. The molecule has 5 atom stereocenters. The Morgan fingerprint density at radius 2 is 1.29 bits per heavy atom. The van der Waals surface area contributed by atoms with E-state index in [1.807, 2.05) is 67.7 Å². The first-order valence-electron chi connectivity index (χ1n) is 34.7. The van der Waals surface area contributed by atoms with Gasteiger partial charge in [-0.15, -0.1) is 0 Å². The van der Waals surface area contributed by atoms with Gasteiger partial charge in [0.15, 0.2) is 23.0 Å². The maximum atomic E-state index is 14.5. The third-order valence-corrected chi connectivity index (χ3v) is 19.9. The molecule has 10 rings (SSSR count). The second-order valence-corrected chi connectivity index (χ2v) is 27.0. The molecule has 0 bridgehead atoms. The van der Waals surface area contributed by atoms with Crippen LogP contribution >= 0.6 is 0 Å². The van der Waals surface area contributed by atoms with Crippen molar-refractivity contribution in [1.29, 1.82) is 5.41 Å². The lowest BCUT2D eigenvalue weighted by Gasteiger charge is -2.34. The number of carbonyl (C=O) groups excluding carboxylic acids is 7. The number of nitrogens with zero attached hydrogens (tertiary/aromatic N) is 6. The van der Waals surface area contributed by atoms with Gasteiger partial charge in [0.05, 0.1) is 56.7 Å². The van der Waals surface area contributed by atoms with Gasteiger partial charge in [-0.25, -0.2) is 0 Å². The van der Waals surface area contributed by atoms with Crippen LogP contribution in [0.3, 0.4) is 0 Å². The molecule has 0 radical (unpaired) electrons. The maximum absolute atomic E-state index is 14.5. The van der Waals surface area contributed by atoms with Crippen LogP contribution in [0.2, 0.25) is 0 Å². The number of ether oxygens (including phenoxy) is 4. The average molecular weight is 1310 g/mol. The van der Waals surface area contributed by atoms with Crippen LogP contribution in [0.1, 0.15) is 179 Å². The fraction of sp³-hybridized carbons (Fsp3) is 0.474. The molecule has 6 aliphatic heterocycles. The first-order chi connectivity index (χ1) is 46.4. The Morgan fingerprint density at radius 1 is 0.656 bits per heavy atom. The fourth-order valence-corrected chi connectivity index (χ4v) is 13.8. The summed E-state index contributed by atoms with van der Waals surface area (Å²) >= 11 is 0. The summed E-state index contributed by atoms with van der Waals surface area (Å²) < 4.78 is 24.3. The number of hydrogen-bond donors (Lipinski definition) is 1. The smallest absolute Gasteiger partial charge is 0.260 e. The molecule has 96 heavy (non-hydrogen) atoms.